The zero-order chi connectivity index (χ0) is 21.0. The normalized spacial score (nSPS) is 11.0. The Hall–Kier alpha value is -3.80. The Morgan fingerprint density at radius 3 is 2.34 bits per heavy atom. The first-order valence-electron chi connectivity index (χ1n) is 8.40. The molecule has 9 heteroatoms. The first kappa shape index (κ1) is 19.9. The van der Waals surface area contributed by atoms with E-state index < -0.39 is 17.3 Å². The topological polar surface area (TPSA) is 90.8 Å². The Balaban J connectivity index is 1.86. The fourth-order valence-electron chi connectivity index (χ4n) is 2.62. The molecule has 29 heavy (non-hydrogen) atoms. The van der Waals surface area contributed by atoms with Crippen LogP contribution in [0.3, 0.4) is 0 Å². The van der Waals surface area contributed by atoms with Crippen LogP contribution in [0.1, 0.15) is 16.7 Å². The quantitative estimate of drug-likeness (QED) is 0.677. The van der Waals surface area contributed by atoms with Crippen molar-refractivity contribution in [3.05, 3.63) is 75.6 Å². The fourth-order valence-corrected chi connectivity index (χ4v) is 2.62. The number of halogens is 3. The summed E-state index contributed by atoms with van der Waals surface area (Å²) >= 11 is 0. The van der Waals surface area contributed by atoms with E-state index in [1.54, 1.807) is 24.3 Å². The van der Waals surface area contributed by atoms with Crippen LogP contribution in [0.15, 0.2) is 53.3 Å². The van der Waals surface area contributed by atoms with Crippen molar-refractivity contribution < 1.29 is 17.9 Å². The van der Waals surface area contributed by atoms with Crippen LogP contribution in [-0.4, -0.2) is 17.1 Å². The van der Waals surface area contributed by atoms with E-state index in [1.165, 1.54) is 19.2 Å². The van der Waals surface area contributed by atoms with Gasteiger partial charge in [-0.2, -0.15) is 18.4 Å². The molecule has 0 unspecified atom stereocenters. The van der Waals surface area contributed by atoms with Gasteiger partial charge in [0, 0.05) is 12.1 Å². The number of anilines is 1. The van der Waals surface area contributed by atoms with Crippen molar-refractivity contribution in [1.29, 1.82) is 5.26 Å². The average Bonchev–Trinajstić information content (AvgIpc) is 2.71. The number of aromatic amines is 1. The Kier molecular flexibility index (Phi) is 5.54. The number of nitrogens with one attached hydrogen (secondary N) is 2. The minimum atomic E-state index is -4.40. The molecule has 6 nitrogen and oxygen atoms in total. The van der Waals surface area contributed by atoms with Crippen LogP contribution in [0.25, 0.3) is 11.3 Å². The van der Waals surface area contributed by atoms with Crippen LogP contribution in [0.4, 0.5) is 19.1 Å². The summed E-state index contributed by atoms with van der Waals surface area (Å²) in [6, 6.07) is 13.2. The van der Waals surface area contributed by atoms with Crippen molar-refractivity contribution in [1.82, 2.24) is 9.97 Å². The van der Waals surface area contributed by atoms with Gasteiger partial charge >= 0.3 is 6.18 Å². The summed E-state index contributed by atoms with van der Waals surface area (Å²) in [5.41, 5.74) is -0.206. The molecular formula is C20H15F3N4O2. The third-order valence-electron chi connectivity index (χ3n) is 4.14. The predicted octanol–water partition coefficient (Wildman–Crippen LogP) is 3.95. The molecule has 0 aliphatic heterocycles. The fraction of sp³-hybridized carbons (Fsp3) is 0.150. The maximum absolute atomic E-state index is 12.6. The number of H-pyrrole nitrogens is 1. The molecular weight excluding hydrogens is 385 g/mol. The highest BCUT2D eigenvalue weighted by Crippen LogP contribution is 2.29. The van der Waals surface area contributed by atoms with E-state index in [0.29, 0.717) is 16.9 Å². The molecule has 3 aromatic rings. The number of hydrogen-bond acceptors (Lipinski definition) is 5. The molecule has 1 aromatic heterocycles. The second kappa shape index (κ2) is 8.06. The average molecular weight is 400 g/mol. The molecule has 0 aliphatic rings. The molecule has 0 aliphatic carbocycles. The van der Waals surface area contributed by atoms with Gasteiger partial charge in [-0.15, -0.1) is 0 Å². The van der Waals surface area contributed by atoms with Gasteiger partial charge in [0.05, 0.1) is 18.4 Å². The van der Waals surface area contributed by atoms with Crippen molar-refractivity contribution >= 4 is 5.95 Å². The summed E-state index contributed by atoms with van der Waals surface area (Å²) in [7, 11) is 1.52. The summed E-state index contributed by atoms with van der Waals surface area (Å²) in [4.78, 5) is 19.0. The molecule has 2 aromatic carbocycles. The van der Waals surface area contributed by atoms with Crippen LogP contribution in [0.2, 0.25) is 0 Å². The monoisotopic (exact) mass is 400 g/mol. The van der Waals surface area contributed by atoms with Crippen molar-refractivity contribution in [2.24, 2.45) is 0 Å². The molecule has 2 N–H and O–H groups in total. The molecule has 148 valence electrons. The Morgan fingerprint density at radius 1 is 1.14 bits per heavy atom. The van der Waals surface area contributed by atoms with E-state index in [0.717, 1.165) is 12.1 Å². The number of methoxy groups -OCH3 is 1. The number of ether oxygens (including phenoxy) is 1. The number of rotatable bonds is 5. The number of nitrogens with zero attached hydrogens (tertiary/aromatic N) is 2. The molecule has 3 rings (SSSR count). The summed E-state index contributed by atoms with van der Waals surface area (Å²) in [6.07, 6.45) is -4.40. The third-order valence-corrected chi connectivity index (χ3v) is 4.14. The van der Waals surface area contributed by atoms with E-state index in [-0.39, 0.29) is 23.8 Å². The van der Waals surface area contributed by atoms with E-state index >= 15 is 0 Å². The van der Waals surface area contributed by atoms with Crippen LogP contribution in [0.5, 0.6) is 5.75 Å². The second-order valence-corrected chi connectivity index (χ2v) is 6.03. The van der Waals surface area contributed by atoms with Crippen molar-refractivity contribution in [2.45, 2.75) is 12.7 Å². The lowest BCUT2D eigenvalue weighted by atomic mass is 10.1. The van der Waals surface area contributed by atoms with E-state index in [9.17, 15) is 23.2 Å². The smallest absolute Gasteiger partial charge is 0.416 e. The SMILES string of the molecule is COc1ccc(-c2nc(NCc3ccc(C(F)(F)F)cc3)[nH]c(=O)c2C#N)cc1. The number of benzene rings is 2. The summed E-state index contributed by atoms with van der Waals surface area (Å²) in [5.74, 6) is 0.706. The third kappa shape index (κ3) is 4.55. The summed E-state index contributed by atoms with van der Waals surface area (Å²) < 4.78 is 43.0. The van der Waals surface area contributed by atoms with E-state index in [1.807, 2.05) is 6.07 Å². The van der Waals surface area contributed by atoms with Gasteiger partial charge in [0.1, 0.15) is 17.4 Å². The molecule has 0 saturated carbocycles. The molecule has 0 amide bonds. The van der Waals surface area contributed by atoms with Crippen molar-refractivity contribution in [3.8, 4) is 23.1 Å². The number of aromatic nitrogens is 2. The molecule has 1 heterocycles. The molecule has 0 fully saturated rings. The van der Waals surface area contributed by atoms with Crippen LogP contribution in [-0.2, 0) is 12.7 Å². The standard InChI is InChI=1S/C20H15F3N4O2/c1-29-15-8-4-13(5-9-15)17-16(10-24)18(28)27-19(26-17)25-11-12-2-6-14(7-3-12)20(21,22)23/h2-9H,11H2,1H3,(H2,25,26,27,28). The van der Waals surface area contributed by atoms with Gasteiger partial charge < -0.3 is 10.1 Å². The van der Waals surface area contributed by atoms with Gasteiger partial charge in [-0.05, 0) is 42.0 Å². The molecule has 0 radical (unpaired) electrons. The van der Waals surface area contributed by atoms with E-state index in [2.05, 4.69) is 15.3 Å². The largest absolute Gasteiger partial charge is 0.497 e. The molecule has 0 atom stereocenters. The Morgan fingerprint density at radius 2 is 1.79 bits per heavy atom. The van der Waals surface area contributed by atoms with Gasteiger partial charge in [0.15, 0.2) is 0 Å². The van der Waals surface area contributed by atoms with Gasteiger partial charge in [-0.3, -0.25) is 9.78 Å². The summed E-state index contributed by atoms with van der Waals surface area (Å²) in [5, 5.41) is 12.2. The van der Waals surface area contributed by atoms with Crippen molar-refractivity contribution in [2.75, 3.05) is 12.4 Å². The lowest BCUT2D eigenvalue weighted by molar-refractivity contribution is -0.137. The van der Waals surface area contributed by atoms with Crippen LogP contribution < -0.4 is 15.6 Å². The highest BCUT2D eigenvalue weighted by molar-refractivity contribution is 5.67. The molecule has 0 spiro atoms. The van der Waals surface area contributed by atoms with Crippen molar-refractivity contribution in [3.63, 3.8) is 0 Å². The number of hydrogen-bond donors (Lipinski definition) is 2. The van der Waals surface area contributed by atoms with Crippen LogP contribution >= 0.6 is 0 Å². The summed E-state index contributed by atoms with van der Waals surface area (Å²) in [6.45, 7) is 0.134. The Bertz CT molecular complexity index is 1100. The highest BCUT2D eigenvalue weighted by Gasteiger charge is 2.29. The molecule has 0 saturated heterocycles. The zero-order valence-electron chi connectivity index (χ0n) is 15.2. The zero-order valence-corrected chi connectivity index (χ0v) is 15.2. The minimum absolute atomic E-state index is 0.0970. The van der Waals surface area contributed by atoms with Crippen LogP contribution in [0, 0.1) is 11.3 Å². The predicted molar refractivity (Wildman–Crippen MR) is 100 cm³/mol. The van der Waals surface area contributed by atoms with Gasteiger partial charge in [0.2, 0.25) is 5.95 Å². The number of nitriles is 1. The van der Waals surface area contributed by atoms with Gasteiger partial charge in [-0.25, -0.2) is 4.98 Å². The minimum Gasteiger partial charge on any atom is -0.497 e. The van der Waals surface area contributed by atoms with Gasteiger partial charge in [0.25, 0.3) is 5.56 Å². The molecule has 0 bridgehead atoms. The maximum atomic E-state index is 12.6. The Labute approximate surface area is 163 Å². The van der Waals surface area contributed by atoms with E-state index in [4.69, 9.17) is 4.74 Å². The van der Waals surface area contributed by atoms with Gasteiger partial charge in [-0.1, -0.05) is 12.1 Å². The lowest BCUT2D eigenvalue weighted by Gasteiger charge is -2.10. The second-order valence-electron chi connectivity index (χ2n) is 6.03. The maximum Gasteiger partial charge on any atom is 0.416 e. The number of alkyl halides is 3. The first-order valence-corrected chi connectivity index (χ1v) is 8.40. The lowest BCUT2D eigenvalue weighted by Crippen LogP contribution is -2.17. The highest BCUT2D eigenvalue weighted by atomic mass is 19.4. The first-order chi connectivity index (χ1) is 13.8.